The summed E-state index contributed by atoms with van der Waals surface area (Å²) >= 11 is 0. The van der Waals surface area contributed by atoms with Gasteiger partial charge in [-0.2, -0.15) is 0 Å². The highest BCUT2D eigenvalue weighted by molar-refractivity contribution is 5.88. The Labute approximate surface area is 175 Å². The van der Waals surface area contributed by atoms with Gasteiger partial charge in [-0.25, -0.2) is 4.39 Å². The van der Waals surface area contributed by atoms with Crippen molar-refractivity contribution in [2.45, 2.75) is 52.2 Å². The highest BCUT2D eigenvalue weighted by Crippen LogP contribution is 2.20. The van der Waals surface area contributed by atoms with Gasteiger partial charge >= 0.3 is 0 Å². The normalized spacial score (nSPS) is 12.2. The van der Waals surface area contributed by atoms with E-state index < -0.39 is 28.2 Å². The zero-order valence-corrected chi connectivity index (χ0v) is 17.5. The quantitative estimate of drug-likeness (QED) is 0.552. The Bertz CT molecular complexity index is 923. The molecular weight excluding hydrogens is 389 g/mol. The Morgan fingerprint density at radius 2 is 1.73 bits per heavy atom. The molecule has 7 nitrogen and oxygen atoms in total. The second-order valence-electron chi connectivity index (χ2n) is 8.13. The average Bonchev–Trinajstić information content (AvgIpc) is 2.65. The fourth-order valence-electron chi connectivity index (χ4n) is 2.95. The number of rotatable bonds is 7. The van der Waals surface area contributed by atoms with Crippen molar-refractivity contribution in [3.8, 4) is 0 Å². The van der Waals surface area contributed by atoms with Crippen LogP contribution in [0.4, 0.5) is 10.1 Å². The summed E-state index contributed by atoms with van der Waals surface area (Å²) < 4.78 is 13.3. The molecule has 1 N–H and O–H groups in total. The van der Waals surface area contributed by atoms with Gasteiger partial charge in [0.2, 0.25) is 11.8 Å². The van der Waals surface area contributed by atoms with Gasteiger partial charge in [0.15, 0.2) is 0 Å². The summed E-state index contributed by atoms with van der Waals surface area (Å²) in [6.45, 7) is 7.16. The molecule has 30 heavy (non-hydrogen) atoms. The summed E-state index contributed by atoms with van der Waals surface area (Å²) in [6, 6.07) is 10.8. The van der Waals surface area contributed by atoms with Crippen molar-refractivity contribution < 1.29 is 18.9 Å². The molecule has 0 bridgehead atoms. The predicted molar refractivity (Wildman–Crippen MR) is 111 cm³/mol. The van der Waals surface area contributed by atoms with E-state index in [4.69, 9.17) is 0 Å². The molecule has 0 fully saturated rings. The minimum atomic E-state index is -0.829. The molecule has 1 atom stereocenters. The molecule has 0 saturated heterocycles. The van der Waals surface area contributed by atoms with Crippen LogP contribution in [0.15, 0.2) is 48.5 Å². The number of nitrogens with zero attached hydrogens (tertiary/aromatic N) is 2. The summed E-state index contributed by atoms with van der Waals surface area (Å²) in [6.07, 6.45) is -0.231. The third kappa shape index (κ3) is 6.37. The number of benzene rings is 2. The summed E-state index contributed by atoms with van der Waals surface area (Å²) in [5, 5.41) is 14.1. The first-order valence-corrected chi connectivity index (χ1v) is 9.56. The maximum absolute atomic E-state index is 13.3. The number of hydrogen-bond donors (Lipinski definition) is 1. The van der Waals surface area contributed by atoms with Crippen LogP contribution < -0.4 is 5.32 Å². The number of nitro groups is 1. The fourth-order valence-corrected chi connectivity index (χ4v) is 2.95. The Hall–Kier alpha value is -3.29. The zero-order valence-electron chi connectivity index (χ0n) is 17.5. The molecule has 2 aromatic carbocycles. The van der Waals surface area contributed by atoms with Gasteiger partial charge in [-0.05, 0) is 45.4 Å². The number of amides is 2. The zero-order chi connectivity index (χ0) is 22.5. The van der Waals surface area contributed by atoms with Crippen LogP contribution in [0.5, 0.6) is 0 Å². The minimum Gasteiger partial charge on any atom is -0.350 e. The lowest BCUT2D eigenvalue weighted by Crippen LogP contribution is -2.52. The van der Waals surface area contributed by atoms with Crippen molar-refractivity contribution in [2.75, 3.05) is 0 Å². The standard InChI is InChI=1S/C22H26FN3O4/c1-15(21(28)24-22(2,3)4)25(14-16-9-11-18(23)12-10-16)20(27)13-17-7-5-6-8-19(17)26(29)30/h5-12,15H,13-14H2,1-4H3,(H,24,28)/t15-/m0/s1. The third-order valence-electron chi connectivity index (χ3n) is 4.46. The second-order valence-corrected chi connectivity index (χ2v) is 8.13. The first-order valence-electron chi connectivity index (χ1n) is 9.56. The van der Waals surface area contributed by atoms with Crippen LogP contribution in [0.3, 0.4) is 0 Å². The highest BCUT2D eigenvalue weighted by atomic mass is 19.1. The van der Waals surface area contributed by atoms with E-state index >= 15 is 0 Å². The summed E-state index contributed by atoms with van der Waals surface area (Å²) in [5.41, 5.74) is 0.260. The number of carbonyl (C=O) groups excluding carboxylic acids is 2. The van der Waals surface area contributed by atoms with Crippen molar-refractivity contribution in [3.05, 3.63) is 75.6 Å². The maximum atomic E-state index is 13.3. The van der Waals surface area contributed by atoms with E-state index in [1.807, 2.05) is 20.8 Å². The maximum Gasteiger partial charge on any atom is 0.273 e. The molecule has 0 spiro atoms. The molecule has 0 heterocycles. The molecular formula is C22H26FN3O4. The second kappa shape index (κ2) is 9.47. The number of carbonyl (C=O) groups is 2. The Morgan fingerprint density at radius 1 is 1.13 bits per heavy atom. The van der Waals surface area contributed by atoms with Gasteiger partial charge in [0.1, 0.15) is 11.9 Å². The molecule has 2 rings (SSSR count). The van der Waals surface area contributed by atoms with E-state index in [-0.39, 0.29) is 30.1 Å². The van der Waals surface area contributed by atoms with E-state index in [0.29, 0.717) is 5.56 Å². The summed E-state index contributed by atoms with van der Waals surface area (Å²) in [4.78, 5) is 37.9. The minimum absolute atomic E-state index is 0.0679. The van der Waals surface area contributed by atoms with Gasteiger partial charge in [0.25, 0.3) is 5.69 Å². The van der Waals surface area contributed by atoms with Crippen molar-refractivity contribution in [3.63, 3.8) is 0 Å². The monoisotopic (exact) mass is 415 g/mol. The van der Waals surface area contributed by atoms with Gasteiger partial charge in [-0.15, -0.1) is 0 Å². The molecule has 2 amide bonds. The van der Waals surface area contributed by atoms with Crippen molar-refractivity contribution in [1.29, 1.82) is 0 Å². The van der Waals surface area contributed by atoms with Crippen molar-refractivity contribution >= 4 is 17.5 Å². The van der Waals surface area contributed by atoms with Crippen molar-refractivity contribution in [2.24, 2.45) is 0 Å². The molecule has 8 heteroatoms. The number of nitro benzene ring substituents is 1. The van der Waals surface area contributed by atoms with E-state index in [1.165, 1.54) is 47.4 Å². The van der Waals surface area contributed by atoms with Crippen LogP contribution in [-0.2, 0) is 22.6 Å². The first-order chi connectivity index (χ1) is 14.0. The SMILES string of the molecule is C[C@@H](C(=O)NC(C)(C)C)N(Cc1ccc(F)cc1)C(=O)Cc1ccccc1[N+](=O)[O-]. The molecule has 2 aromatic rings. The number of nitrogens with one attached hydrogen (secondary N) is 1. The summed E-state index contributed by atoms with van der Waals surface area (Å²) in [7, 11) is 0. The number of para-hydroxylation sites is 1. The van der Waals surface area contributed by atoms with Crippen LogP contribution in [0.1, 0.15) is 38.8 Å². The van der Waals surface area contributed by atoms with Gasteiger partial charge in [0, 0.05) is 23.7 Å². The van der Waals surface area contributed by atoms with Crippen LogP contribution >= 0.6 is 0 Å². The third-order valence-corrected chi connectivity index (χ3v) is 4.46. The van der Waals surface area contributed by atoms with Crippen LogP contribution in [0.2, 0.25) is 0 Å². The van der Waals surface area contributed by atoms with Gasteiger partial charge in [-0.1, -0.05) is 30.3 Å². The molecule has 0 aliphatic rings. The Balaban J connectivity index is 2.32. The van der Waals surface area contributed by atoms with Gasteiger partial charge in [0.05, 0.1) is 11.3 Å². The smallest absolute Gasteiger partial charge is 0.273 e. The number of hydrogen-bond acceptors (Lipinski definition) is 4. The Kier molecular flexibility index (Phi) is 7.26. The molecule has 0 aliphatic heterocycles. The lowest BCUT2D eigenvalue weighted by molar-refractivity contribution is -0.385. The molecule has 0 unspecified atom stereocenters. The number of halogens is 1. The Morgan fingerprint density at radius 3 is 2.30 bits per heavy atom. The van der Waals surface area contributed by atoms with E-state index in [9.17, 15) is 24.1 Å². The van der Waals surface area contributed by atoms with Crippen molar-refractivity contribution in [1.82, 2.24) is 10.2 Å². The predicted octanol–water partition coefficient (Wildman–Crippen LogP) is 3.61. The highest BCUT2D eigenvalue weighted by Gasteiger charge is 2.29. The first kappa shape index (κ1) is 23.0. The van der Waals surface area contributed by atoms with Crippen LogP contribution in [0.25, 0.3) is 0 Å². The molecule has 0 radical (unpaired) electrons. The lowest BCUT2D eigenvalue weighted by Gasteiger charge is -2.31. The molecule has 0 saturated carbocycles. The fraction of sp³-hybridized carbons (Fsp3) is 0.364. The molecule has 160 valence electrons. The molecule has 0 aromatic heterocycles. The van der Waals surface area contributed by atoms with E-state index in [0.717, 1.165) is 0 Å². The van der Waals surface area contributed by atoms with E-state index in [1.54, 1.807) is 13.0 Å². The largest absolute Gasteiger partial charge is 0.350 e. The average molecular weight is 415 g/mol. The van der Waals surface area contributed by atoms with Gasteiger partial charge < -0.3 is 10.2 Å². The van der Waals surface area contributed by atoms with E-state index in [2.05, 4.69) is 5.32 Å². The topological polar surface area (TPSA) is 92.6 Å². The lowest BCUT2D eigenvalue weighted by atomic mass is 10.1. The van der Waals surface area contributed by atoms with Gasteiger partial charge in [-0.3, -0.25) is 19.7 Å². The van der Waals surface area contributed by atoms with Crippen LogP contribution in [-0.4, -0.2) is 33.2 Å². The summed E-state index contributed by atoms with van der Waals surface area (Å²) in [5.74, 6) is -1.19. The van der Waals surface area contributed by atoms with Crippen LogP contribution in [0, 0.1) is 15.9 Å². The molecule has 0 aliphatic carbocycles.